The van der Waals surface area contributed by atoms with Crippen LogP contribution in [0.3, 0.4) is 0 Å². The molecule has 0 fully saturated rings. The Morgan fingerprint density at radius 1 is 1.19 bits per heavy atom. The lowest BCUT2D eigenvalue weighted by Crippen LogP contribution is -2.33. The maximum atomic E-state index is 12.6. The van der Waals surface area contributed by atoms with Crippen LogP contribution in [0, 0.1) is 0 Å². The summed E-state index contributed by atoms with van der Waals surface area (Å²) in [6, 6.07) is 10.2. The van der Waals surface area contributed by atoms with E-state index < -0.39 is 11.5 Å². The average molecular weight is 353 g/mol. The lowest BCUT2D eigenvalue weighted by Gasteiger charge is -2.18. The number of nitrogens with one attached hydrogen (secondary N) is 1. The predicted molar refractivity (Wildman–Crippen MR) is 96.9 cm³/mol. The number of fused-ring (bicyclic) bond motifs is 1. The second-order valence-electron chi connectivity index (χ2n) is 5.71. The third-order valence-electron chi connectivity index (χ3n) is 4.11. The summed E-state index contributed by atoms with van der Waals surface area (Å²) >= 11 is 0. The van der Waals surface area contributed by atoms with Gasteiger partial charge in [-0.05, 0) is 31.2 Å². The van der Waals surface area contributed by atoms with Gasteiger partial charge in [0.1, 0.15) is 22.7 Å². The van der Waals surface area contributed by atoms with Gasteiger partial charge in [-0.25, -0.2) is 4.98 Å². The molecule has 0 aliphatic heterocycles. The Balaban J connectivity index is 1.88. The van der Waals surface area contributed by atoms with Crippen molar-refractivity contribution in [1.82, 2.24) is 14.7 Å². The number of amides is 1. The Hall–Kier alpha value is -3.35. The molecule has 0 bridgehead atoms. The van der Waals surface area contributed by atoms with Crippen LogP contribution in [0.2, 0.25) is 0 Å². The van der Waals surface area contributed by atoms with Crippen LogP contribution in [0.15, 0.2) is 53.6 Å². The molecule has 0 spiro atoms. The third kappa shape index (κ3) is 3.23. The van der Waals surface area contributed by atoms with E-state index in [0.29, 0.717) is 17.1 Å². The second-order valence-corrected chi connectivity index (χ2v) is 5.71. The van der Waals surface area contributed by atoms with Crippen LogP contribution < -0.4 is 20.3 Å². The number of aromatic nitrogens is 2. The number of hydrogen-bond acceptors (Lipinski definition) is 5. The molecule has 1 unspecified atom stereocenters. The minimum Gasteiger partial charge on any atom is -0.497 e. The Labute approximate surface area is 150 Å². The van der Waals surface area contributed by atoms with Gasteiger partial charge in [0.05, 0.1) is 20.3 Å². The highest BCUT2D eigenvalue weighted by molar-refractivity contribution is 5.94. The first-order chi connectivity index (χ1) is 12.5. The third-order valence-corrected chi connectivity index (χ3v) is 4.11. The van der Waals surface area contributed by atoms with Crippen LogP contribution >= 0.6 is 0 Å². The first kappa shape index (κ1) is 17.5. The molecule has 1 aromatic carbocycles. The van der Waals surface area contributed by atoms with Crippen molar-refractivity contribution in [2.24, 2.45) is 0 Å². The van der Waals surface area contributed by atoms with Crippen LogP contribution in [0.5, 0.6) is 11.5 Å². The Kier molecular flexibility index (Phi) is 4.88. The molecular weight excluding hydrogens is 334 g/mol. The normalized spacial score (nSPS) is 11.8. The highest BCUT2D eigenvalue weighted by Gasteiger charge is 2.19. The summed E-state index contributed by atoms with van der Waals surface area (Å²) in [6.45, 7) is 1.81. The summed E-state index contributed by atoms with van der Waals surface area (Å²) in [6.07, 6.45) is 2.88. The fraction of sp³-hybridized carbons (Fsp3) is 0.211. The zero-order valence-corrected chi connectivity index (χ0v) is 14.7. The van der Waals surface area contributed by atoms with Crippen LogP contribution in [0.25, 0.3) is 5.65 Å². The van der Waals surface area contributed by atoms with Crippen LogP contribution in [0.1, 0.15) is 28.9 Å². The molecule has 0 radical (unpaired) electrons. The molecule has 3 aromatic rings. The monoisotopic (exact) mass is 353 g/mol. The number of hydrogen-bond donors (Lipinski definition) is 1. The van der Waals surface area contributed by atoms with Gasteiger partial charge in [-0.15, -0.1) is 0 Å². The molecule has 0 saturated heterocycles. The highest BCUT2D eigenvalue weighted by Crippen LogP contribution is 2.29. The standard InChI is InChI=1S/C19H19N3O4/c1-12(14-8-7-13(25-2)10-16(14)26-3)21-18(23)15-11-20-17-6-4-5-9-22(17)19(15)24/h4-12H,1-3H3,(H,21,23). The van der Waals surface area contributed by atoms with Gasteiger partial charge in [0.25, 0.3) is 11.5 Å². The molecule has 7 nitrogen and oxygen atoms in total. The molecule has 0 aliphatic carbocycles. The predicted octanol–water partition coefficient (Wildman–Crippen LogP) is 2.20. The Morgan fingerprint density at radius 3 is 2.73 bits per heavy atom. The fourth-order valence-corrected chi connectivity index (χ4v) is 2.71. The van der Waals surface area contributed by atoms with Crippen LogP contribution in [0.4, 0.5) is 0 Å². The molecule has 7 heteroatoms. The fourth-order valence-electron chi connectivity index (χ4n) is 2.71. The van der Waals surface area contributed by atoms with Gasteiger partial charge >= 0.3 is 0 Å². The van der Waals surface area contributed by atoms with E-state index in [4.69, 9.17) is 9.47 Å². The number of methoxy groups -OCH3 is 2. The van der Waals surface area contributed by atoms with E-state index in [9.17, 15) is 9.59 Å². The molecule has 2 heterocycles. The van der Waals surface area contributed by atoms with Crippen molar-refractivity contribution in [1.29, 1.82) is 0 Å². The molecule has 134 valence electrons. The van der Waals surface area contributed by atoms with Gasteiger partial charge in [0.15, 0.2) is 0 Å². The van der Waals surface area contributed by atoms with Gasteiger partial charge in [-0.1, -0.05) is 6.07 Å². The topological polar surface area (TPSA) is 81.9 Å². The zero-order valence-electron chi connectivity index (χ0n) is 14.7. The number of nitrogens with zero attached hydrogens (tertiary/aromatic N) is 2. The summed E-state index contributed by atoms with van der Waals surface area (Å²) < 4.78 is 11.9. The molecule has 0 saturated carbocycles. The van der Waals surface area contributed by atoms with E-state index in [2.05, 4.69) is 10.3 Å². The van der Waals surface area contributed by atoms with E-state index in [1.54, 1.807) is 50.7 Å². The van der Waals surface area contributed by atoms with Crippen molar-refractivity contribution in [3.05, 3.63) is 70.3 Å². The van der Waals surface area contributed by atoms with Crippen molar-refractivity contribution >= 4 is 11.6 Å². The SMILES string of the molecule is COc1ccc(C(C)NC(=O)c2cnc3ccccn3c2=O)c(OC)c1. The molecule has 1 N–H and O–H groups in total. The summed E-state index contributed by atoms with van der Waals surface area (Å²) in [5.74, 6) is 0.748. The molecule has 2 aromatic heterocycles. The largest absolute Gasteiger partial charge is 0.497 e. The van der Waals surface area contributed by atoms with Crippen LogP contribution in [-0.4, -0.2) is 29.5 Å². The molecule has 1 amide bonds. The first-order valence-electron chi connectivity index (χ1n) is 8.04. The van der Waals surface area contributed by atoms with E-state index in [1.165, 1.54) is 10.6 Å². The Morgan fingerprint density at radius 2 is 2.00 bits per heavy atom. The van der Waals surface area contributed by atoms with E-state index in [0.717, 1.165) is 5.56 Å². The maximum absolute atomic E-state index is 12.6. The molecule has 1 atom stereocenters. The smallest absolute Gasteiger partial charge is 0.270 e. The summed E-state index contributed by atoms with van der Waals surface area (Å²) in [7, 11) is 3.12. The van der Waals surface area contributed by atoms with Gasteiger partial charge in [0.2, 0.25) is 0 Å². The second kappa shape index (κ2) is 7.26. The molecule has 26 heavy (non-hydrogen) atoms. The zero-order chi connectivity index (χ0) is 18.7. The van der Waals surface area contributed by atoms with Crippen molar-refractivity contribution in [2.75, 3.05) is 14.2 Å². The maximum Gasteiger partial charge on any atom is 0.270 e. The van der Waals surface area contributed by atoms with Crippen LogP contribution in [-0.2, 0) is 0 Å². The number of rotatable bonds is 5. The van der Waals surface area contributed by atoms with Crippen molar-refractivity contribution in [3.8, 4) is 11.5 Å². The van der Waals surface area contributed by atoms with E-state index in [-0.39, 0.29) is 11.6 Å². The molecule has 3 rings (SSSR count). The summed E-state index contributed by atoms with van der Waals surface area (Å²) in [5.41, 5.74) is 0.824. The lowest BCUT2D eigenvalue weighted by molar-refractivity contribution is 0.0937. The lowest BCUT2D eigenvalue weighted by atomic mass is 10.1. The van der Waals surface area contributed by atoms with Crippen molar-refractivity contribution in [2.45, 2.75) is 13.0 Å². The first-order valence-corrected chi connectivity index (χ1v) is 8.04. The van der Waals surface area contributed by atoms with Crippen molar-refractivity contribution in [3.63, 3.8) is 0 Å². The van der Waals surface area contributed by atoms with Gasteiger partial charge in [-0.3, -0.25) is 14.0 Å². The van der Waals surface area contributed by atoms with Gasteiger partial charge in [-0.2, -0.15) is 0 Å². The summed E-state index contributed by atoms with van der Waals surface area (Å²) in [5, 5.41) is 2.82. The number of benzene rings is 1. The number of pyridine rings is 1. The summed E-state index contributed by atoms with van der Waals surface area (Å²) in [4.78, 5) is 29.3. The minimum atomic E-state index is -0.494. The van der Waals surface area contributed by atoms with E-state index >= 15 is 0 Å². The molecular formula is C19H19N3O4. The number of carbonyl (C=O) groups is 1. The van der Waals surface area contributed by atoms with Gasteiger partial charge < -0.3 is 14.8 Å². The number of ether oxygens (including phenoxy) is 2. The Bertz CT molecular complexity index is 1010. The minimum absolute atomic E-state index is 0.0203. The van der Waals surface area contributed by atoms with Gasteiger partial charge in [0, 0.05) is 24.0 Å². The highest BCUT2D eigenvalue weighted by atomic mass is 16.5. The quantitative estimate of drug-likeness (QED) is 0.760. The van der Waals surface area contributed by atoms with Crippen molar-refractivity contribution < 1.29 is 14.3 Å². The van der Waals surface area contributed by atoms with E-state index in [1.807, 2.05) is 13.0 Å². The molecule has 0 aliphatic rings. The average Bonchev–Trinajstić information content (AvgIpc) is 2.67. The number of carbonyl (C=O) groups excluding carboxylic acids is 1.